The number of ketones is 1. The van der Waals surface area contributed by atoms with Crippen molar-refractivity contribution in [3.8, 4) is 11.8 Å². The molecule has 0 aliphatic rings. The lowest BCUT2D eigenvalue weighted by atomic mass is 9.88. The second kappa shape index (κ2) is 6.09. The van der Waals surface area contributed by atoms with Crippen molar-refractivity contribution in [1.29, 1.82) is 0 Å². The fraction of sp³-hybridized carbons (Fsp3) is 0.800. The van der Waals surface area contributed by atoms with E-state index in [1.54, 1.807) is 0 Å². The molecule has 1 heteroatoms. The van der Waals surface area contributed by atoms with Crippen molar-refractivity contribution in [2.24, 2.45) is 10.8 Å². The molecule has 0 aliphatic carbocycles. The molecule has 0 aliphatic heterocycles. The number of hydrogen-bond donors (Lipinski definition) is 0. The molecular weight excluding hydrogens is 196 g/mol. The van der Waals surface area contributed by atoms with Crippen LogP contribution in [0.3, 0.4) is 0 Å². The van der Waals surface area contributed by atoms with E-state index >= 15 is 0 Å². The van der Waals surface area contributed by atoms with Crippen LogP contribution in [-0.4, -0.2) is 5.78 Å². The molecule has 0 spiro atoms. The Morgan fingerprint density at radius 2 is 1.56 bits per heavy atom. The first-order valence-electron chi connectivity index (χ1n) is 6.16. The van der Waals surface area contributed by atoms with Gasteiger partial charge in [-0.3, -0.25) is 4.79 Å². The maximum atomic E-state index is 11.6. The predicted octanol–water partition coefficient (Wildman–Crippen LogP) is 4.21. The topological polar surface area (TPSA) is 17.1 Å². The largest absolute Gasteiger partial charge is 0.299 e. The summed E-state index contributed by atoms with van der Waals surface area (Å²) in [7, 11) is 0. The molecule has 0 saturated carbocycles. The summed E-state index contributed by atoms with van der Waals surface area (Å²) in [5.74, 6) is 6.74. The van der Waals surface area contributed by atoms with Crippen LogP contribution in [0.1, 0.15) is 67.2 Å². The van der Waals surface area contributed by atoms with E-state index in [0.29, 0.717) is 12.2 Å². The van der Waals surface area contributed by atoms with Gasteiger partial charge in [-0.15, -0.1) is 5.92 Å². The Bertz CT molecular complexity index is 275. The highest BCUT2D eigenvalue weighted by molar-refractivity contribution is 5.83. The first-order valence-corrected chi connectivity index (χ1v) is 6.16. The van der Waals surface area contributed by atoms with Crippen molar-refractivity contribution >= 4 is 5.78 Å². The summed E-state index contributed by atoms with van der Waals surface area (Å²) in [6.45, 7) is 12.3. The van der Waals surface area contributed by atoms with Gasteiger partial charge in [-0.05, 0) is 33.6 Å². The van der Waals surface area contributed by atoms with E-state index in [1.165, 1.54) is 0 Å². The SMILES string of the molecule is CC(C)(C)C#CCCCCC(=O)C(C)(C)C. The van der Waals surface area contributed by atoms with Gasteiger partial charge in [-0.25, -0.2) is 0 Å². The van der Waals surface area contributed by atoms with Crippen LogP contribution >= 0.6 is 0 Å². The van der Waals surface area contributed by atoms with E-state index in [-0.39, 0.29) is 10.8 Å². The van der Waals surface area contributed by atoms with Crippen LogP contribution in [0, 0.1) is 22.7 Å². The van der Waals surface area contributed by atoms with Crippen LogP contribution < -0.4 is 0 Å². The molecule has 0 radical (unpaired) electrons. The molecule has 0 aromatic carbocycles. The van der Waals surface area contributed by atoms with E-state index in [1.807, 2.05) is 20.8 Å². The second-order valence-corrected chi connectivity index (χ2v) is 6.43. The number of hydrogen-bond acceptors (Lipinski definition) is 1. The predicted molar refractivity (Wildman–Crippen MR) is 70.2 cm³/mol. The normalized spacial score (nSPS) is 11.9. The molecule has 1 nitrogen and oxygen atoms in total. The number of unbranched alkanes of at least 4 members (excludes halogenated alkanes) is 2. The van der Waals surface area contributed by atoms with Gasteiger partial charge in [0.1, 0.15) is 5.78 Å². The minimum atomic E-state index is -0.183. The molecule has 0 heterocycles. The molecule has 0 N–H and O–H groups in total. The van der Waals surface area contributed by atoms with Gasteiger partial charge in [-0.2, -0.15) is 0 Å². The van der Waals surface area contributed by atoms with Gasteiger partial charge < -0.3 is 0 Å². The van der Waals surface area contributed by atoms with Gasteiger partial charge in [-0.1, -0.05) is 26.7 Å². The van der Waals surface area contributed by atoms with Gasteiger partial charge >= 0.3 is 0 Å². The van der Waals surface area contributed by atoms with Crippen molar-refractivity contribution in [3.63, 3.8) is 0 Å². The van der Waals surface area contributed by atoms with Crippen molar-refractivity contribution < 1.29 is 4.79 Å². The fourth-order valence-electron chi connectivity index (χ4n) is 1.20. The van der Waals surface area contributed by atoms with E-state index in [9.17, 15) is 4.79 Å². The van der Waals surface area contributed by atoms with Crippen LogP contribution in [0.5, 0.6) is 0 Å². The highest BCUT2D eigenvalue weighted by Gasteiger charge is 2.19. The third-order valence-electron chi connectivity index (χ3n) is 2.26. The molecule has 0 bridgehead atoms. The number of Topliss-reactive ketones (excluding diaryl/α,β-unsaturated/α-hetero) is 1. The molecule has 92 valence electrons. The van der Waals surface area contributed by atoms with Crippen LogP contribution in [0.25, 0.3) is 0 Å². The third-order valence-corrected chi connectivity index (χ3v) is 2.26. The third kappa shape index (κ3) is 8.53. The van der Waals surface area contributed by atoms with E-state index in [2.05, 4.69) is 32.6 Å². The zero-order valence-corrected chi connectivity index (χ0v) is 11.7. The zero-order valence-electron chi connectivity index (χ0n) is 11.7. The maximum Gasteiger partial charge on any atom is 0.138 e. The van der Waals surface area contributed by atoms with Crippen LogP contribution in [0.15, 0.2) is 0 Å². The standard InChI is InChI=1S/C15H26O/c1-14(2,3)12-10-8-7-9-11-13(16)15(4,5)6/h7-9,11H2,1-6H3. The smallest absolute Gasteiger partial charge is 0.138 e. The number of carbonyl (C=O) groups excluding carboxylic acids is 1. The molecule has 0 amide bonds. The summed E-state index contributed by atoms with van der Waals surface area (Å²) in [5.41, 5.74) is -0.0850. The summed E-state index contributed by atoms with van der Waals surface area (Å²) >= 11 is 0. The molecule has 0 atom stereocenters. The summed E-state index contributed by atoms with van der Waals surface area (Å²) < 4.78 is 0. The van der Waals surface area contributed by atoms with Crippen molar-refractivity contribution in [3.05, 3.63) is 0 Å². The van der Waals surface area contributed by atoms with Crippen molar-refractivity contribution in [1.82, 2.24) is 0 Å². The number of rotatable bonds is 4. The van der Waals surface area contributed by atoms with Crippen LogP contribution in [-0.2, 0) is 4.79 Å². The summed E-state index contributed by atoms with van der Waals surface area (Å²) in [6.07, 6.45) is 3.61. The summed E-state index contributed by atoms with van der Waals surface area (Å²) in [5, 5.41) is 0. The Hall–Kier alpha value is -0.770. The lowest BCUT2D eigenvalue weighted by Gasteiger charge is -2.15. The maximum absolute atomic E-state index is 11.6. The van der Waals surface area contributed by atoms with Crippen molar-refractivity contribution in [2.45, 2.75) is 67.2 Å². The van der Waals surface area contributed by atoms with Crippen LogP contribution in [0.2, 0.25) is 0 Å². The van der Waals surface area contributed by atoms with Gasteiger partial charge in [0, 0.05) is 23.7 Å². The Balaban J connectivity index is 3.70. The molecule has 0 aromatic heterocycles. The van der Waals surface area contributed by atoms with Gasteiger partial charge in [0.25, 0.3) is 0 Å². The Morgan fingerprint density at radius 1 is 1.00 bits per heavy atom. The molecule has 0 aromatic rings. The quantitative estimate of drug-likeness (QED) is 0.514. The molecule has 0 saturated heterocycles. The lowest BCUT2D eigenvalue weighted by Crippen LogP contribution is -2.19. The van der Waals surface area contributed by atoms with Crippen LogP contribution in [0.4, 0.5) is 0 Å². The van der Waals surface area contributed by atoms with Gasteiger partial charge in [0.15, 0.2) is 0 Å². The molecule has 16 heavy (non-hydrogen) atoms. The Morgan fingerprint density at radius 3 is 2.00 bits per heavy atom. The lowest BCUT2D eigenvalue weighted by molar-refractivity contribution is -0.126. The Labute approximate surface area is 101 Å². The first kappa shape index (κ1) is 15.2. The minimum Gasteiger partial charge on any atom is -0.299 e. The molecular formula is C15H26O. The van der Waals surface area contributed by atoms with E-state index in [0.717, 1.165) is 19.3 Å². The molecule has 0 unspecified atom stereocenters. The molecule has 0 rings (SSSR count). The van der Waals surface area contributed by atoms with Crippen molar-refractivity contribution in [2.75, 3.05) is 0 Å². The summed E-state index contributed by atoms with van der Waals surface area (Å²) in [4.78, 5) is 11.6. The highest BCUT2D eigenvalue weighted by atomic mass is 16.1. The minimum absolute atomic E-state index is 0.0984. The average Bonchev–Trinajstić information content (AvgIpc) is 2.07. The van der Waals surface area contributed by atoms with E-state index in [4.69, 9.17) is 0 Å². The average molecular weight is 222 g/mol. The van der Waals surface area contributed by atoms with E-state index < -0.39 is 0 Å². The van der Waals surface area contributed by atoms with Gasteiger partial charge in [0.05, 0.1) is 0 Å². The zero-order chi connectivity index (χ0) is 12.8. The summed E-state index contributed by atoms with van der Waals surface area (Å²) in [6, 6.07) is 0. The first-order chi connectivity index (χ1) is 7.13. The number of carbonyl (C=O) groups is 1. The fourth-order valence-corrected chi connectivity index (χ4v) is 1.20. The monoisotopic (exact) mass is 222 g/mol. The Kier molecular flexibility index (Phi) is 5.79. The second-order valence-electron chi connectivity index (χ2n) is 6.43. The highest BCUT2D eigenvalue weighted by Crippen LogP contribution is 2.18. The molecule has 0 fully saturated rings. The van der Waals surface area contributed by atoms with Gasteiger partial charge in [0.2, 0.25) is 0 Å².